The van der Waals surface area contributed by atoms with Crippen molar-refractivity contribution < 1.29 is 18.0 Å². The van der Waals surface area contributed by atoms with Gasteiger partial charge in [-0.05, 0) is 61.2 Å². The molecule has 1 aliphatic heterocycles. The summed E-state index contributed by atoms with van der Waals surface area (Å²) in [7, 11) is -3.94. The predicted molar refractivity (Wildman–Crippen MR) is 127 cm³/mol. The number of carbonyl (C=O) groups excluding carboxylic acids is 2. The van der Waals surface area contributed by atoms with Gasteiger partial charge in [0.05, 0.1) is 16.3 Å². The summed E-state index contributed by atoms with van der Waals surface area (Å²) in [5.41, 5.74) is 3.35. The number of fused-ring (bicyclic) bond motifs is 1. The van der Waals surface area contributed by atoms with E-state index < -0.39 is 10.0 Å². The average Bonchev–Trinajstić information content (AvgIpc) is 3.05. The van der Waals surface area contributed by atoms with Gasteiger partial charge in [-0.25, -0.2) is 8.42 Å². The van der Waals surface area contributed by atoms with Crippen LogP contribution in [0.3, 0.4) is 0 Å². The van der Waals surface area contributed by atoms with Crippen LogP contribution in [0.25, 0.3) is 11.1 Å². The van der Waals surface area contributed by atoms with E-state index in [1.165, 1.54) is 4.68 Å². The number of hydrogen-bond donors (Lipinski definition) is 2. The molecule has 2 N–H and O–H groups in total. The fraction of sp³-hybridized carbons (Fsp3) is 0.261. The molecule has 0 aliphatic carbocycles. The van der Waals surface area contributed by atoms with Crippen LogP contribution in [0.1, 0.15) is 41.4 Å². The maximum atomic E-state index is 13.3. The largest absolute Gasteiger partial charge is 0.310 e. The van der Waals surface area contributed by atoms with Crippen LogP contribution in [-0.4, -0.2) is 30.0 Å². The van der Waals surface area contributed by atoms with Crippen LogP contribution in [-0.2, 0) is 21.2 Å². The highest BCUT2D eigenvalue weighted by Crippen LogP contribution is 2.36. The number of aromatic nitrogens is 2. The van der Waals surface area contributed by atoms with Crippen molar-refractivity contribution >= 4 is 44.9 Å². The normalized spacial score (nSPS) is 13.9. The second-order valence-electron chi connectivity index (χ2n) is 7.92. The summed E-state index contributed by atoms with van der Waals surface area (Å²) in [5, 5.41) is 7.67. The van der Waals surface area contributed by atoms with Gasteiger partial charge in [0.1, 0.15) is 5.82 Å². The zero-order valence-corrected chi connectivity index (χ0v) is 20.0. The molecule has 10 heteroatoms. The first kappa shape index (κ1) is 23.0. The van der Waals surface area contributed by atoms with E-state index in [4.69, 9.17) is 11.6 Å². The van der Waals surface area contributed by atoms with Crippen molar-refractivity contribution in [1.82, 2.24) is 9.78 Å². The van der Waals surface area contributed by atoms with Crippen LogP contribution in [0, 0.1) is 13.8 Å². The van der Waals surface area contributed by atoms with Gasteiger partial charge in [-0.2, -0.15) is 9.78 Å². The zero-order valence-electron chi connectivity index (χ0n) is 18.4. The Morgan fingerprint density at radius 3 is 2.55 bits per heavy atom. The number of amides is 1. The van der Waals surface area contributed by atoms with Crippen LogP contribution in [0.2, 0.25) is 5.02 Å². The lowest BCUT2D eigenvalue weighted by atomic mass is 10.0. The van der Waals surface area contributed by atoms with E-state index >= 15 is 0 Å². The fourth-order valence-electron chi connectivity index (χ4n) is 3.82. The molecule has 4 rings (SSSR count). The maximum absolute atomic E-state index is 13.3. The molecule has 3 aromatic rings. The van der Waals surface area contributed by atoms with Crippen LogP contribution in [0.15, 0.2) is 41.3 Å². The summed E-state index contributed by atoms with van der Waals surface area (Å²) in [6, 6.07) is 9.91. The lowest BCUT2D eigenvalue weighted by Crippen LogP contribution is -2.15. The Morgan fingerprint density at radius 2 is 1.85 bits per heavy atom. The SMILES string of the molecule is CCc1nn2c(c1-c1ccc(C)c(S(=O)(=O)Nc3ccc(Cl)cc3C)c1)NC(=O)CCC2=O. The van der Waals surface area contributed by atoms with E-state index in [9.17, 15) is 18.0 Å². The van der Waals surface area contributed by atoms with Crippen molar-refractivity contribution in [1.29, 1.82) is 0 Å². The monoisotopic (exact) mass is 486 g/mol. The van der Waals surface area contributed by atoms with Gasteiger partial charge in [0, 0.05) is 23.4 Å². The van der Waals surface area contributed by atoms with Gasteiger partial charge in [-0.1, -0.05) is 30.7 Å². The third-order valence-corrected chi connectivity index (χ3v) is 7.29. The summed E-state index contributed by atoms with van der Waals surface area (Å²) in [4.78, 5) is 24.8. The minimum absolute atomic E-state index is 0.0565. The smallest absolute Gasteiger partial charge is 0.262 e. The van der Waals surface area contributed by atoms with Gasteiger partial charge in [0.2, 0.25) is 11.8 Å². The molecule has 33 heavy (non-hydrogen) atoms. The number of hydrogen-bond acceptors (Lipinski definition) is 5. The molecule has 1 amide bonds. The van der Waals surface area contributed by atoms with Gasteiger partial charge in [-0.15, -0.1) is 0 Å². The molecule has 0 saturated carbocycles. The third kappa shape index (κ3) is 4.38. The van der Waals surface area contributed by atoms with Gasteiger partial charge in [0.15, 0.2) is 0 Å². The first-order valence-electron chi connectivity index (χ1n) is 10.5. The minimum Gasteiger partial charge on any atom is -0.310 e. The van der Waals surface area contributed by atoms with Gasteiger partial charge in [0.25, 0.3) is 10.0 Å². The van der Waals surface area contributed by atoms with E-state index in [1.54, 1.807) is 50.2 Å². The molecular formula is C23H23ClN4O4S. The van der Waals surface area contributed by atoms with Crippen LogP contribution < -0.4 is 10.0 Å². The number of carbonyl (C=O) groups is 2. The van der Waals surface area contributed by atoms with E-state index in [0.29, 0.717) is 45.1 Å². The number of sulfonamides is 1. The Hall–Kier alpha value is -3.17. The van der Waals surface area contributed by atoms with E-state index in [1.807, 2.05) is 6.92 Å². The summed E-state index contributed by atoms with van der Waals surface area (Å²) in [6.07, 6.45) is 0.624. The summed E-state index contributed by atoms with van der Waals surface area (Å²) < 4.78 is 30.4. The average molecular weight is 487 g/mol. The summed E-state index contributed by atoms with van der Waals surface area (Å²) in [6.45, 7) is 5.36. The molecule has 0 atom stereocenters. The van der Waals surface area contributed by atoms with Crippen molar-refractivity contribution in [2.75, 3.05) is 10.0 Å². The molecule has 0 spiro atoms. The second-order valence-corrected chi connectivity index (χ2v) is 10.0. The Morgan fingerprint density at radius 1 is 1.09 bits per heavy atom. The lowest BCUT2D eigenvalue weighted by Gasteiger charge is -2.14. The Labute approximate surface area is 197 Å². The number of rotatable bonds is 5. The molecule has 1 aliphatic rings. The number of nitrogens with one attached hydrogen (secondary N) is 2. The third-order valence-electron chi connectivity index (χ3n) is 5.55. The summed E-state index contributed by atoms with van der Waals surface area (Å²) in [5.74, 6) is -0.303. The van der Waals surface area contributed by atoms with Crippen LogP contribution in [0.4, 0.5) is 11.5 Å². The number of nitrogens with zero attached hydrogens (tertiary/aromatic N) is 2. The number of halogens is 1. The molecule has 0 radical (unpaired) electrons. The Bertz CT molecular complexity index is 1400. The Balaban J connectivity index is 1.83. The quantitative estimate of drug-likeness (QED) is 0.549. The van der Waals surface area contributed by atoms with E-state index in [2.05, 4.69) is 15.1 Å². The molecule has 172 valence electrons. The molecule has 1 aromatic heterocycles. The Kier molecular flexibility index (Phi) is 6.02. The highest BCUT2D eigenvalue weighted by molar-refractivity contribution is 7.92. The molecule has 0 fully saturated rings. The molecule has 2 aromatic carbocycles. The number of anilines is 2. The molecule has 0 unspecified atom stereocenters. The van der Waals surface area contributed by atoms with E-state index in [-0.39, 0.29) is 35.4 Å². The zero-order chi connectivity index (χ0) is 23.9. The predicted octanol–water partition coefficient (Wildman–Crippen LogP) is 4.56. The van der Waals surface area contributed by atoms with Crippen molar-refractivity contribution in [3.8, 4) is 11.1 Å². The fourth-order valence-corrected chi connectivity index (χ4v) is 5.45. The highest BCUT2D eigenvalue weighted by atomic mass is 35.5. The first-order valence-corrected chi connectivity index (χ1v) is 12.3. The number of aryl methyl sites for hydroxylation is 3. The number of benzene rings is 2. The van der Waals surface area contributed by atoms with Gasteiger partial charge in [-0.3, -0.25) is 14.3 Å². The standard InChI is InChI=1S/C23H23ClN4O4S/c1-4-17-22(23-25-20(29)9-10-21(30)28(23)26-17)15-6-5-13(2)19(12-15)33(31,32)27-18-8-7-16(24)11-14(18)3/h5-8,11-12,27H,4,9-10H2,1-3H3,(H,25,29). The molecule has 8 nitrogen and oxygen atoms in total. The topological polar surface area (TPSA) is 110 Å². The van der Waals surface area contributed by atoms with Crippen molar-refractivity contribution in [3.05, 3.63) is 58.2 Å². The van der Waals surface area contributed by atoms with Crippen LogP contribution in [0.5, 0.6) is 0 Å². The molecule has 0 saturated heterocycles. The van der Waals surface area contributed by atoms with E-state index in [0.717, 1.165) is 0 Å². The van der Waals surface area contributed by atoms with Crippen molar-refractivity contribution in [2.45, 2.75) is 44.9 Å². The van der Waals surface area contributed by atoms with Gasteiger partial charge >= 0.3 is 0 Å². The molecular weight excluding hydrogens is 464 g/mol. The second kappa shape index (κ2) is 8.64. The highest BCUT2D eigenvalue weighted by Gasteiger charge is 2.28. The van der Waals surface area contributed by atoms with Crippen molar-refractivity contribution in [3.63, 3.8) is 0 Å². The molecule has 2 heterocycles. The summed E-state index contributed by atoms with van der Waals surface area (Å²) >= 11 is 5.99. The van der Waals surface area contributed by atoms with Crippen molar-refractivity contribution in [2.24, 2.45) is 0 Å². The van der Waals surface area contributed by atoms with Crippen LogP contribution >= 0.6 is 11.6 Å². The lowest BCUT2D eigenvalue weighted by molar-refractivity contribution is -0.116. The minimum atomic E-state index is -3.94. The maximum Gasteiger partial charge on any atom is 0.262 e. The first-order chi connectivity index (χ1) is 15.6. The molecule has 0 bridgehead atoms. The van der Waals surface area contributed by atoms with Gasteiger partial charge < -0.3 is 5.32 Å².